The lowest BCUT2D eigenvalue weighted by atomic mass is 9.94. The highest BCUT2D eigenvalue weighted by Gasteiger charge is 2.28. The van der Waals surface area contributed by atoms with Crippen LogP contribution in [0.15, 0.2) is 22.7 Å². The van der Waals surface area contributed by atoms with Crippen molar-refractivity contribution in [1.29, 1.82) is 0 Å². The second-order valence-corrected chi connectivity index (χ2v) is 7.43. The van der Waals surface area contributed by atoms with E-state index in [0.717, 1.165) is 22.3 Å². The van der Waals surface area contributed by atoms with Crippen LogP contribution in [0.1, 0.15) is 44.0 Å². The van der Waals surface area contributed by atoms with E-state index in [0.29, 0.717) is 6.04 Å². The third-order valence-corrected chi connectivity index (χ3v) is 5.30. The van der Waals surface area contributed by atoms with Gasteiger partial charge in [0.05, 0.1) is 11.0 Å². The summed E-state index contributed by atoms with van der Waals surface area (Å²) in [5.41, 5.74) is 2.46. The minimum atomic E-state index is 0.704. The van der Waals surface area contributed by atoms with Crippen LogP contribution < -0.4 is 5.32 Å². The fourth-order valence-electron chi connectivity index (χ4n) is 3.54. The Labute approximate surface area is 134 Å². The number of aromatic nitrogens is 2. The van der Waals surface area contributed by atoms with Crippen molar-refractivity contribution in [2.45, 2.75) is 44.6 Å². The largest absolute Gasteiger partial charge is 0.325 e. The summed E-state index contributed by atoms with van der Waals surface area (Å²) in [4.78, 5) is 4.93. The molecule has 1 aliphatic carbocycles. The van der Waals surface area contributed by atoms with E-state index in [1.165, 1.54) is 56.5 Å². The standard InChI is InChI=1S/C17H22BrN3/c18-13-4-7-16-15(10-13)20-17(21(16)14-5-6-14)8-3-12-2-1-9-19-11-12/h4,7,10,12,14,19H,1-3,5-6,8-9,11H2. The first-order valence-electron chi connectivity index (χ1n) is 8.18. The molecule has 1 aliphatic heterocycles. The van der Waals surface area contributed by atoms with Gasteiger partial charge >= 0.3 is 0 Å². The summed E-state index contributed by atoms with van der Waals surface area (Å²) in [6.07, 6.45) is 7.73. The lowest BCUT2D eigenvalue weighted by Gasteiger charge is -2.22. The smallest absolute Gasteiger partial charge is 0.110 e. The van der Waals surface area contributed by atoms with Crippen LogP contribution in [-0.4, -0.2) is 22.6 Å². The van der Waals surface area contributed by atoms with Crippen LogP contribution in [0.4, 0.5) is 0 Å². The highest BCUT2D eigenvalue weighted by molar-refractivity contribution is 9.10. The third kappa shape index (κ3) is 2.88. The average molecular weight is 348 g/mol. The van der Waals surface area contributed by atoms with Crippen LogP contribution in [0.5, 0.6) is 0 Å². The number of imidazole rings is 1. The van der Waals surface area contributed by atoms with Crippen LogP contribution in [0, 0.1) is 5.92 Å². The van der Waals surface area contributed by atoms with Crippen molar-refractivity contribution in [3.05, 3.63) is 28.5 Å². The monoisotopic (exact) mass is 347 g/mol. The quantitative estimate of drug-likeness (QED) is 0.903. The zero-order valence-electron chi connectivity index (χ0n) is 12.3. The molecule has 2 aliphatic rings. The van der Waals surface area contributed by atoms with E-state index in [1.807, 2.05) is 0 Å². The predicted molar refractivity (Wildman–Crippen MR) is 89.6 cm³/mol. The zero-order chi connectivity index (χ0) is 14.2. The van der Waals surface area contributed by atoms with E-state index in [2.05, 4.69) is 44.0 Å². The number of piperidine rings is 1. The summed E-state index contributed by atoms with van der Waals surface area (Å²) >= 11 is 3.56. The lowest BCUT2D eigenvalue weighted by Crippen LogP contribution is -2.30. The molecular weight excluding hydrogens is 326 g/mol. The molecule has 1 atom stereocenters. The second-order valence-electron chi connectivity index (χ2n) is 6.51. The zero-order valence-corrected chi connectivity index (χ0v) is 13.9. The van der Waals surface area contributed by atoms with E-state index in [1.54, 1.807) is 0 Å². The van der Waals surface area contributed by atoms with Crippen LogP contribution >= 0.6 is 15.9 Å². The molecule has 2 heterocycles. The molecule has 0 amide bonds. The van der Waals surface area contributed by atoms with Crippen LogP contribution in [-0.2, 0) is 6.42 Å². The second kappa shape index (κ2) is 5.73. The molecule has 0 radical (unpaired) electrons. The highest BCUT2D eigenvalue weighted by Crippen LogP contribution is 2.39. The average Bonchev–Trinajstić information content (AvgIpc) is 3.27. The van der Waals surface area contributed by atoms with Gasteiger partial charge in [-0.25, -0.2) is 4.98 Å². The van der Waals surface area contributed by atoms with Crippen molar-refractivity contribution in [3.8, 4) is 0 Å². The maximum absolute atomic E-state index is 4.93. The third-order valence-electron chi connectivity index (χ3n) is 4.81. The van der Waals surface area contributed by atoms with Crippen LogP contribution in [0.25, 0.3) is 11.0 Å². The molecule has 1 saturated heterocycles. The lowest BCUT2D eigenvalue weighted by molar-refractivity contribution is 0.354. The topological polar surface area (TPSA) is 29.9 Å². The molecule has 2 aromatic rings. The molecule has 3 nitrogen and oxygen atoms in total. The molecule has 1 N–H and O–H groups in total. The Hall–Kier alpha value is -0.870. The van der Waals surface area contributed by atoms with E-state index < -0.39 is 0 Å². The van der Waals surface area contributed by atoms with E-state index >= 15 is 0 Å². The van der Waals surface area contributed by atoms with Crippen LogP contribution in [0.2, 0.25) is 0 Å². The van der Waals surface area contributed by atoms with Crippen molar-refractivity contribution in [1.82, 2.24) is 14.9 Å². The van der Waals surface area contributed by atoms with E-state index in [4.69, 9.17) is 4.98 Å². The first kappa shape index (κ1) is 13.8. The number of benzene rings is 1. The molecular formula is C17H22BrN3. The minimum absolute atomic E-state index is 0.704. The molecule has 4 rings (SSSR count). The fourth-order valence-corrected chi connectivity index (χ4v) is 3.89. The SMILES string of the molecule is Brc1ccc2c(c1)nc(CCC1CCCNC1)n2C1CC1. The first-order valence-corrected chi connectivity index (χ1v) is 8.97. The van der Waals surface area contributed by atoms with Crippen molar-refractivity contribution >= 4 is 27.0 Å². The summed E-state index contributed by atoms with van der Waals surface area (Å²) < 4.78 is 3.64. The number of halogens is 1. The molecule has 4 heteroatoms. The first-order chi connectivity index (χ1) is 10.3. The number of fused-ring (bicyclic) bond motifs is 1. The van der Waals surface area contributed by atoms with Gasteiger partial charge < -0.3 is 9.88 Å². The maximum Gasteiger partial charge on any atom is 0.110 e. The Kier molecular flexibility index (Phi) is 3.76. The van der Waals surface area contributed by atoms with Gasteiger partial charge in [-0.2, -0.15) is 0 Å². The van der Waals surface area contributed by atoms with Crippen LogP contribution in [0.3, 0.4) is 0 Å². The Morgan fingerprint density at radius 3 is 2.95 bits per heavy atom. The maximum atomic E-state index is 4.93. The number of rotatable bonds is 4. The van der Waals surface area contributed by atoms with E-state index in [-0.39, 0.29) is 0 Å². The number of aryl methyl sites for hydroxylation is 1. The van der Waals surface area contributed by atoms with Gasteiger partial charge in [-0.3, -0.25) is 0 Å². The van der Waals surface area contributed by atoms with Crippen molar-refractivity contribution in [2.24, 2.45) is 5.92 Å². The Morgan fingerprint density at radius 2 is 2.19 bits per heavy atom. The number of hydrogen-bond donors (Lipinski definition) is 1. The van der Waals surface area contributed by atoms with Crippen molar-refractivity contribution in [2.75, 3.05) is 13.1 Å². The number of nitrogens with zero attached hydrogens (tertiary/aromatic N) is 2. The Morgan fingerprint density at radius 1 is 1.29 bits per heavy atom. The normalized spacial score (nSPS) is 22.8. The molecule has 1 unspecified atom stereocenters. The Balaban J connectivity index is 1.59. The molecule has 1 saturated carbocycles. The van der Waals surface area contributed by atoms with Gasteiger partial charge in [-0.05, 0) is 69.3 Å². The molecule has 2 fully saturated rings. The van der Waals surface area contributed by atoms with Gasteiger partial charge in [0.25, 0.3) is 0 Å². The predicted octanol–water partition coefficient (Wildman–Crippen LogP) is 4.07. The summed E-state index contributed by atoms with van der Waals surface area (Å²) in [7, 11) is 0. The summed E-state index contributed by atoms with van der Waals surface area (Å²) in [5, 5.41) is 3.52. The van der Waals surface area contributed by atoms with Gasteiger partial charge in [0.1, 0.15) is 5.82 Å². The summed E-state index contributed by atoms with van der Waals surface area (Å²) in [6.45, 7) is 2.39. The summed E-state index contributed by atoms with van der Waals surface area (Å²) in [5.74, 6) is 2.13. The molecule has 0 bridgehead atoms. The number of hydrogen-bond acceptors (Lipinski definition) is 2. The van der Waals surface area contributed by atoms with Gasteiger partial charge in [0.15, 0.2) is 0 Å². The highest BCUT2D eigenvalue weighted by atomic mass is 79.9. The minimum Gasteiger partial charge on any atom is -0.325 e. The van der Waals surface area contributed by atoms with Gasteiger partial charge in [-0.1, -0.05) is 15.9 Å². The molecule has 112 valence electrons. The number of nitrogens with one attached hydrogen (secondary N) is 1. The molecule has 0 spiro atoms. The van der Waals surface area contributed by atoms with E-state index in [9.17, 15) is 0 Å². The fraction of sp³-hybridized carbons (Fsp3) is 0.588. The van der Waals surface area contributed by atoms with Gasteiger partial charge in [0, 0.05) is 16.9 Å². The van der Waals surface area contributed by atoms with Crippen molar-refractivity contribution < 1.29 is 0 Å². The van der Waals surface area contributed by atoms with Gasteiger partial charge in [-0.15, -0.1) is 0 Å². The molecule has 1 aromatic heterocycles. The van der Waals surface area contributed by atoms with Crippen molar-refractivity contribution in [3.63, 3.8) is 0 Å². The molecule has 1 aromatic carbocycles. The van der Waals surface area contributed by atoms with Gasteiger partial charge in [0.2, 0.25) is 0 Å². The molecule has 21 heavy (non-hydrogen) atoms. The Bertz CT molecular complexity index is 639. The summed E-state index contributed by atoms with van der Waals surface area (Å²) in [6, 6.07) is 7.21.